The van der Waals surface area contributed by atoms with Crippen molar-refractivity contribution in [2.45, 2.75) is 43.0 Å². The largest absolute Gasteiger partial charge is 0.491 e. The Kier molecular flexibility index (Phi) is 5.45. The summed E-state index contributed by atoms with van der Waals surface area (Å²) in [5.41, 5.74) is 0. The van der Waals surface area contributed by atoms with Crippen LogP contribution in [-0.4, -0.2) is 43.8 Å². The number of halogens is 1. The Balaban J connectivity index is 1.46. The molecule has 1 atom stereocenters. The van der Waals surface area contributed by atoms with Gasteiger partial charge in [0.2, 0.25) is 5.16 Å². The predicted octanol–water partition coefficient (Wildman–Crippen LogP) is 2.46. The molecule has 1 aromatic heterocycles. The summed E-state index contributed by atoms with van der Waals surface area (Å²) in [5.74, 6) is 0.660. The summed E-state index contributed by atoms with van der Waals surface area (Å²) in [4.78, 5) is 0. The third-order valence-corrected chi connectivity index (χ3v) is 4.87. The van der Waals surface area contributed by atoms with Crippen LogP contribution in [0.3, 0.4) is 0 Å². The molecule has 0 radical (unpaired) electrons. The lowest BCUT2D eigenvalue weighted by molar-refractivity contribution is 0.126. The van der Waals surface area contributed by atoms with Gasteiger partial charge in [-0.15, -0.1) is 5.10 Å². The molecule has 0 aliphatic heterocycles. The first-order valence-corrected chi connectivity index (χ1v) is 8.68. The summed E-state index contributed by atoms with van der Waals surface area (Å²) in [6, 6.07) is 6.10. The van der Waals surface area contributed by atoms with E-state index in [-0.39, 0.29) is 12.4 Å². The SMILES string of the molecule is O[C@@H](COc1ccc(F)cc1)CSc1nnnn1C1CCCC1. The van der Waals surface area contributed by atoms with Crippen LogP contribution in [0.4, 0.5) is 4.39 Å². The molecule has 1 N–H and O–H groups in total. The molecule has 6 nitrogen and oxygen atoms in total. The van der Waals surface area contributed by atoms with Crippen LogP contribution < -0.4 is 4.74 Å². The van der Waals surface area contributed by atoms with Crippen LogP contribution in [0.5, 0.6) is 5.75 Å². The number of aliphatic hydroxyl groups is 1. The second kappa shape index (κ2) is 7.74. The van der Waals surface area contributed by atoms with Gasteiger partial charge < -0.3 is 9.84 Å². The van der Waals surface area contributed by atoms with Crippen molar-refractivity contribution in [2.75, 3.05) is 12.4 Å². The van der Waals surface area contributed by atoms with Gasteiger partial charge in [0.1, 0.15) is 18.2 Å². The fraction of sp³-hybridized carbons (Fsp3) is 0.533. The van der Waals surface area contributed by atoms with Gasteiger partial charge in [0.15, 0.2) is 0 Å². The number of ether oxygens (including phenoxy) is 1. The molecular formula is C15H19FN4O2S. The summed E-state index contributed by atoms with van der Waals surface area (Å²) in [7, 11) is 0. The average molecular weight is 338 g/mol. The quantitative estimate of drug-likeness (QED) is 0.782. The van der Waals surface area contributed by atoms with E-state index >= 15 is 0 Å². The zero-order valence-electron chi connectivity index (χ0n) is 12.6. The molecule has 0 spiro atoms. The molecule has 0 unspecified atom stereocenters. The van der Waals surface area contributed by atoms with E-state index in [0.29, 0.717) is 17.5 Å². The van der Waals surface area contributed by atoms with Crippen molar-refractivity contribution in [3.8, 4) is 5.75 Å². The zero-order chi connectivity index (χ0) is 16.1. The Labute approximate surface area is 138 Å². The van der Waals surface area contributed by atoms with E-state index < -0.39 is 6.10 Å². The molecule has 23 heavy (non-hydrogen) atoms. The lowest BCUT2D eigenvalue weighted by Gasteiger charge is -2.13. The van der Waals surface area contributed by atoms with Crippen molar-refractivity contribution in [1.82, 2.24) is 20.2 Å². The maximum atomic E-state index is 12.8. The van der Waals surface area contributed by atoms with Gasteiger partial charge in [-0.2, -0.15) is 0 Å². The third-order valence-electron chi connectivity index (χ3n) is 3.79. The van der Waals surface area contributed by atoms with E-state index in [9.17, 15) is 9.50 Å². The van der Waals surface area contributed by atoms with Crippen LogP contribution >= 0.6 is 11.8 Å². The van der Waals surface area contributed by atoms with Gasteiger partial charge in [-0.3, -0.25) is 0 Å². The van der Waals surface area contributed by atoms with Crippen molar-refractivity contribution in [3.05, 3.63) is 30.1 Å². The molecule has 1 fully saturated rings. The zero-order valence-corrected chi connectivity index (χ0v) is 13.5. The maximum absolute atomic E-state index is 12.8. The summed E-state index contributed by atoms with van der Waals surface area (Å²) in [6.07, 6.45) is 3.98. The van der Waals surface area contributed by atoms with E-state index in [4.69, 9.17) is 4.74 Å². The summed E-state index contributed by atoms with van der Waals surface area (Å²) in [5, 5.41) is 22.6. The fourth-order valence-corrected chi connectivity index (χ4v) is 3.45. The molecule has 1 saturated carbocycles. The summed E-state index contributed by atoms with van der Waals surface area (Å²) < 4.78 is 20.1. The maximum Gasteiger partial charge on any atom is 0.209 e. The summed E-state index contributed by atoms with van der Waals surface area (Å²) >= 11 is 1.42. The van der Waals surface area contributed by atoms with Gasteiger partial charge in [-0.05, 0) is 47.5 Å². The first kappa shape index (κ1) is 16.2. The normalized spacial score (nSPS) is 16.6. The molecule has 1 aliphatic carbocycles. The van der Waals surface area contributed by atoms with Gasteiger partial charge in [-0.1, -0.05) is 24.6 Å². The second-order valence-electron chi connectivity index (χ2n) is 5.57. The van der Waals surface area contributed by atoms with Crippen LogP contribution in [0.2, 0.25) is 0 Å². The van der Waals surface area contributed by atoms with E-state index in [1.165, 1.54) is 48.9 Å². The number of aromatic nitrogens is 4. The monoisotopic (exact) mass is 338 g/mol. The number of hydrogen-bond acceptors (Lipinski definition) is 6. The topological polar surface area (TPSA) is 73.1 Å². The van der Waals surface area contributed by atoms with Crippen LogP contribution in [0, 0.1) is 5.82 Å². The Morgan fingerprint density at radius 1 is 1.30 bits per heavy atom. The van der Waals surface area contributed by atoms with Crippen molar-refractivity contribution < 1.29 is 14.2 Å². The number of tetrazole rings is 1. The van der Waals surface area contributed by atoms with E-state index in [1.54, 1.807) is 0 Å². The predicted molar refractivity (Wildman–Crippen MR) is 83.9 cm³/mol. The standard InChI is InChI=1S/C15H19FN4O2S/c16-11-5-7-14(8-6-11)22-9-13(21)10-23-15-17-18-19-20(15)12-3-1-2-4-12/h5-8,12-13,21H,1-4,9-10H2/t13-/m0/s1. The van der Waals surface area contributed by atoms with Crippen LogP contribution in [0.25, 0.3) is 0 Å². The lowest BCUT2D eigenvalue weighted by atomic mass is 10.3. The minimum absolute atomic E-state index is 0.142. The minimum Gasteiger partial charge on any atom is -0.491 e. The molecule has 8 heteroatoms. The Morgan fingerprint density at radius 3 is 2.78 bits per heavy atom. The van der Waals surface area contributed by atoms with E-state index in [2.05, 4.69) is 15.5 Å². The van der Waals surface area contributed by atoms with Crippen molar-refractivity contribution in [3.63, 3.8) is 0 Å². The molecule has 1 heterocycles. The first-order valence-electron chi connectivity index (χ1n) is 7.69. The number of aliphatic hydroxyl groups excluding tert-OH is 1. The van der Waals surface area contributed by atoms with Gasteiger partial charge in [0, 0.05) is 5.75 Å². The van der Waals surface area contributed by atoms with Crippen molar-refractivity contribution >= 4 is 11.8 Å². The number of benzene rings is 1. The van der Waals surface area contributed by atoms with Crippen LogP contribution in [-0.2, 0) is 0 Å². The second-order valence-corrected chi connectivity index (χ2v) is 6.56. The fourth-order valence-electron chi connectivity index (χ4n) is 2.60. The number of rotatable bonds is 7. The first-order chi connectivity index (χ1) is 11.2. The molecule has 1 aliphatic rings. The minimum atomic E-state index is -0.654. The molecule has 0 amide bonds. The number of nitrogens with zero attached hydrogens (tertiary/aromatic N) is 4. The van der Waals surface area contributed by atoms with Gasteiger partial charge in [-0.25, -0.2) is 9.07 Å². The van der Waals surface area contributed by atoms with Gasteiger partial charge in [0.05, 0.1) is 12.1 Å². The molecule has 3 rings (SSSR count). The number of thioether (sulfide) groups is 1. The average Bonchev–Trinajstić information content (AvgIpc) is 3.23. The smallest absolute Gasteiger partial charge is 0.209 e. The highest BCUT2D eigenvalue weighted by atomic mass is 32.2. The number of hydrogen-bond donors (Lipinski definition) is 1. The Morgan fingerprint density at radius 2 is 2.04 bits per heavy atom. The van der Waals surface area contributed by atoms with Crippen LogP contribution in [0.15, 0.2) is 29.4 Å². The highest BCUT2D eigenvalue weighted by Gasteiger charge is 2.22. The Bertz CT molecular complexity index is 616. The lowest BCUT2D eigenvalue weighted by Crippen LogP contribution is -2.20. The van der Waals surface area contributed by atoms with E-state index in [1.807, 2.05) is 4.68 Å². The van der Waals surface area contributed by atoms with Gasteiger partial charge in [0.25, 0.3) is 0 Å². The molecule has 0 bridgehead atoms. The van der Waals surface area contributed by atoms with Gasteiger partial charge >= 0.3 is 0 Å². The molecule has 2 aromatic rings. The molecule has 0 saturated heterocycles. The van der Waals surface area contributed by atoms with Crippen molar-refractivity contribution in [1.29, 1.82) is 0 Å². The molecule has 124 valence electrons. The third kappa shape index (κ3) is 4.42. The Hall–Kier alpha value is -1.67. The molecular weight excluding hydrogens is 319 g/mol. The summed E-state index contributed by atoms with van der Waals surface area (Å²) in [6.45, 7) is 0.142. The van der Waals surface area contributed by atoms with Crippen molar-refractivity contribution in [2.24, 2.45) is 0 Å². The highest BCUT2D eigenvalue weighted by molar-refractivity contribution is 7.99. The van der Waals surface area contributed by atoms with Crippen LogP contribution in [0.1, 0.15) is 31.7 Å². The molecule has 1 aromatic carbocycles. The highest BCUT2D eigenvalue weighted by Crippen LogP contribution is 2.31. The van der Waals surface area contributed by atoms with E-state index in [0.717, 1.165) is 18.0 Å².